The van der Waals surface area contributed by atoms with Gasteiger partial charge in [-0.05, 0) is 48.4 Å². The van der Waals surface area contributed by atoms with E-state index in [-0.39, 0.29) is 0 Å². The van der Waals surface area contributed by atoms with Gasteiger partial charge >= 0.3 is 0 Å². The monoisotopic (exact) mass is 335 g/mol. The van der Waals surface area contributed by atoms with Crippen LogP contribution in [0.2, 0.25) is 5.02 Å². The van der Waals surface area contributed by atoms with Gasteiger partial charge in [-0.2, -0.15) is 0 Å². The highest BCUT2D eigenvalue weighted by Gasteiger charge is 2.07. The molecule has 1 unspecified atom stereocenters. The first-order chi connectivity index (χ1) is 11.1. The average Bonchev–Trinajstić information content (AvgIpc) is 2.58. The highest BCUT2D eigenvalue weighted by molar-refractivity contribution is 6.30. The molecule has 23 heavy (non-hydrogen) atoms. The second kappa shape index (κ2) is 8.77. The zero-order valence-corrected chi connectivity index (χ0v) is 14.1. The number of methoxy groups -OCH3 is 2. The number of aliphatic hydroxyl groups is 1. The Balaban J connectivity index is 1.80. The van der Waals surface area contributed by atoms with Crippen molar-refractivity contribution in [3.05, 3.63) is 58.6 Å². The molecule has 2 aromatic rings. The molecule has 0 aliphatic carbocycles. The summed E-state index contributed by atoms with van der Waals surface area (Å²) in [5.74, 6) is 1.45. The van der Waals surface area contributed by atoms with Gasteiger partial charge in [-0.15, -0.1) is 0 Å². The molecular weight excluding hydrogens is 314 g/mol. The molecule has 2 aromatic carbocycles. The first kappa shape index (κ1) is 17.6. The van der Waals surface area contributed by atoms with Crippen molar-refractivity contribution in [3.8, 4) is 11.5 Å². The standard InChI is InChI=1S/C18H22ClNO3/c1-22-17-8-3-13(11-18(17)23-2)9-10-20-12-16(21)14-4-6-15(19)7-5-14/h3-8,11,16,20-21H,9-10,12H2,1-2H3. The first-order valence-corrected chi connectivity index (χ1v) is 7.87. The Kier molecular flexibility index (Phi) is 6.71. The molecule has 0 saturated heterocycles. The van der Waals surface area contributed by atoms with E-state index in [0.717, 1.165) is 35.6 Å². The molecule has 0 fully saturated rings. The summed E-state index contributed by atoms with van der Waals surface area (Å²) >= 11 is 5.84. The van der Waals surface area contributed by atoms with Crippen molar-refractivity contribution >= 4 is 11.6 Å². The quantitative estimate of drug-likeness (QED) is 0.727. The predicted molar refractivity (Wildman–Crippen MR) is 92.5 cm³/mol. The van der Waals surface area contributed by atoms with Crippen molar-refractivity contribution in [2.75, 3.05) is 27.3 Å². The van der Waals surface area contributed by atoms with Gasteiger partial charge in [-0.3, -0.25) is 0 Å². The van der Waals surface area contributed by atoms with E-state index in [4.69, 9.17) is 21.1 Å². The smallest absolute Gasteiger partial charge is 0.160 e. The lowest BCUT2D eigenvalue weighted by molar-refractivity contribution is 0.175. The highest BCUT2D eigenvalue weighted by atomic mass is 35.5. The topological polar surface area (TPSA) is 50.7 Å². The molecule has 0 spiro atoms. The van der Waals surface area contributed by atoms with Crippen LogP contribution < -0.4 is 14.8 Å². The number of hydrogen-bond acceptors (Lipinski definition) is 4. The van der Waals surface area contributed by atoms with Crippen molar-refractivity contribution < 1.29 is 14.6 Å². The normalized spacial score (nSPS) is 12.0. The molecule has 0 aliphatic heterocycles. The molecule has 0 aromatic heterocycles. The number of rotatable bonds is 8. The van der Waals surface area contributed by atoms with E-state index in [1.807, 2.05) is 30.3 Å². The van der Waals surface area contributed by atoms with Crippen LogP contribution in [-0.2, 0) is 6.42 Å². The van der Waals surface area contributed by atoms with Crippen LogP contribution in [0.5, 0.6) is 11.5 Å². The molecule has 2 rings (SSSR count). The number of hydrogen-bond donors (Lipinski definition) is 2. The van der Waals surface area contributed by atoms with Crippen molar-refractivity contribution in [2.45, 2.75) is 12.5 Å². The Morgan fingerprint density at radius 2 is 1.74 bits per heavy atom. The second-order valence-electron chi connectivity index (χ2n) is 5.21. The van der Waals surface area contributed by atoms with Gasteiger partial charge < -0.3 is 19.9 Å². The van der Waals surface area contributed by atoms with Crippen LogP contribution in [0, 0.1) is 0 Å². The lowest BCUT2D eigenvalue weighted by atomic mass is 10.1. The molecule has 2 N–H and O–H groups in total. The lowest BCUT2D eigenvalue weighted by Gasteiger charge is -2.13. The van der Waals surface area contributed by atoms with E-state index < -0.39 is 6.10 Å². The third kappa shape index (κ3) is 5.13. The van der Waals surface area contributed by atoms with Crippen molar-refractivity contribution in [1.82, 2.24) is 5.32 Å². The third-order valence-corrected chi connectivity index (χ3v) is 3.88. The van der Waals surface area contributed by atoms with Gasteiger partial charge in [0.25, 0.3) is 0 Å². The maximum absolute atomic E-state index is 10.1. The summed E-state index contributed by atoms with van der Waals surface area (Å²) in [5.41, 5.74) is 2.00. The molecule has 5 heteroatoms. The van der Waals surface area contributed by atoms with Crippen LogP contribution in [0.1, 0.15) is 17.2 Å². The summed E-state index contributed by atoms with van der Waals surface area (Å²) in [6.07, 6.45) is 0.297. The van der Waals surface area contributed by atoms with Crippen LogP contribution in [-0.4, -0.2) is 32.4 Å². The summed E-state index contributed by atoms with van der Waals surface area (Å²) in [6, 6.07) is 13.1. The van der Waals surface area contributed by atoms with Gasteiger partial charge in [0.05, 0.1) is 20.3 Å². The first-order valence-electron chi connectivity index (χ1n) is 7.49. The Labute approximate surface area is 142 Å². The molecule has 0 bridgehead atoms. The molecule has 0 heterocycles. The molecule has 0 radical (unpaired) electrons. The third-order valence-electron chi connectivity index (χ3n) is 3.63. The lowest BCUT2D eigenvalue weighted by Crippen LogP contribution is -2.23. The largest absolute Gasteiger partial charge is 0.493 e. The Morgan fingerprint density at radius 3 is 2.39 bits per heavy atom. The van der Waals surface area contributed by atoms with E-state index in [2.05, 4.69) is 5.32 Å². The SMILES string of the molecule is COc1ccc(CCNCC(O)c2ccc(Cl)cc2)cc1OC. The van der Waals surface area contributed by atoms with Gasteiger partial charge in [0.1, 0.15) is 0 Å². The van der Waals surface area contributed by atoms with E-state index in [0.29, 0.717) is 11.6 Å². The fourth-order valence-electron chi connectivity index (χ4n) is 2.31. The predicted octanol–water partition coefficient (Wildman–Crippen LogP) is 3.22. The maximum Gasteiger partial charge on any atom is 0.160 e. The summed E-state index contributed by atoms with van der Waals surface area (Å²) in [6.45, 7) is 1.26. The summed E-state index contributed by atoms with van der Waals surface area (Å²) in [5, 5.41) is 14.0. The summed E-state index contributed by atoms with van der Waals surface area (Å²) in [7, 11) is 3.25. The summed E-state index contributed by atoms with van der Waals surface area (Å²) in [4.78, 5) is 0. The number of nitrogens with one attached hydrogen (secondary N) is 1. The minimum absolute atomic E-state index is 0.495. The van der Waals surface area contributed by atoms with Crippen LogP contribution in [0.3, 0.4) is 0 Å². The van der Waals surface area contributed by atoms with E-state index in [1.165, 1.54) is 0 Å². The molecule has 0 aliphatic rings. The zero-order valence-electron chi connectivity index (χ0n) is 13.4. The van der Waals surface area contributed by atoms with Crippen LogP contribution >= 0.6 is 11.6 Å². The van der Waals surface area contributed by atoms with E-state index >= 15 is 0 Å². The average molecular weight is 336 g/mol. The molecule has 124 valence electrons. The minimum atomic E-state index is -0.544. The maximum atomic E-state index is 10.1. The molecule has 1 atom stereocenters. The number of benzene rings is 2. The Hall–Kier alpha value is -1.75. The van der Waals surface area contributed by atoms with Gasteiger partial charge in [0.15, 0.2) is 11.5 Å². The number of aliphatic hydroxyl groups excluding tert-OH is 1. The molecule has 0 saturated carbocycles. The van der Waals surface area contributed by atoms with Gasteiger partial charge in [0.2, 0.25) is 0 Å². The fourth-order valence-corrected chi connectivity index (χ4v) is 2.44. The molecular formula is C18H22ClNO3. The highest BCUT2D eigenvalue weighted by Crippen LogP contribution is 2.27. The fraction of sp³-hybridized carbons (Fsp3) is 0.333. The van der Waals surface area contributed by atoms with Crippen LogP contribution in [0.4, 0.5) is 0 Å². The second-order valence-corrected chi connectivity index (χ2v) is 5.65. The van der Waals surface area contributed by atoms with E-state index in [9.17, 15) is 5.11 Å². The Morgan fingerprint density at radius 1 is 1.04 bits per heavy atom. The van der Waals surface area contributed by atoms with Crippen LogP contribution in [0.25, 0.3) is 0 Å². The number of halogens is 1. The van der Waals surface area contributed by atoms with E-state index in [1.54, 1.807) is 26.4 Å². The van der Waals surface area contributed by atoms with Gasteiger partial charge in [-0.25, -0.2) is 0 Å². The number of ether oxygens (including phenoxy) is 2. The van der Waals surface area contributed by atoms with Gasteiger partial charge in [0, 0.05) is 11.6 Å². The minimum Gasteiger partial charge on any atom is -0.493 e. The van der Waals surface area contributed by atoms with Crippen molar-refractivity contribution in [3.63, 3.8) is 0 Å². The van der Waals surface area contributed by atoms with Crippen molar-refractivity contribution in [1.29, 1.82) is 0 Å². The zero-order chi connectivity index (χ0) is 16.7. The van der Waals surface area contributed by atoms with Gasteiger partial charge in [-0.1, -0.05) is 29.8 Å². The van der Waals surface area contributed by atoms with Crippen LogP contribution in [0.15, 0.2) is 42.5 Å². The van der Waals surface area contributed by atoms with Crippen molar-refractivity contribution in [2.24, 2.45) is 0 Å². The Bertz CT molecular complexity index is 616. The molecule has 4 nitrogen and oxygen atoms in total. The summed E-state index contributed by atoms with van der Waals surface area (Å²) < 4.78 is 10.5. The molecule has 0 amide bonds.